The quantitative estimate of drug-likeness (QED) is 0.847. The summed E-state index contributed by atoms with van der Waals surface area (Å²) >= 11 is 0. The number of carbonyl (C=O) groups is 1. The molecule has 0 unspecified atom stereocenters. The van der Waals surface area contributed by atoms with Gasteiger partial charge in [0.05, 0.1) is 6.54 Å². The van der Waals surface area contributed by atoms with Gasteiger partial charge in [-0.3, -0.25) is 9.69 Å². The standard InChI is InChI=1S/C13H18FN3O/c14-12-3-1-2-11(8-12)10-16-4-6-17(7-5-16)13(18)9-15/h1-3,8H,4-7,9-10,15H2. The third kappa shape index (κ3) is 3.27. The molecular weight excluding hydrogens is 233 g/mol. The van der Waals surface area contributed by atoms with Crippen molar-refractivity contribution in [2.75, 3.05) is 32.7 Å². The van der Waals surface area contributed by atoms with Crippen LogP contribution in [0.3, 0.4) is 0 Å². The highest BCUT2D eigenvalue weighted by molar-refractivity contribution is 5.78. The van der Waals surface area contributed by atoms with Crippen molar-refractivity contribution in [2.24, 2.45) is 5.73 Å². The predicted molar refractivity (Wildman–Crippen MR) is 67.3 cm³/mol. The van der Waals surface area contributed by atoms with E-state index in [-0.39, 0.29) is 18.3 Å². The lowest BCUT2D eigenvalue weighted by atomic mass is 10.2. The maximum Gasteiger partial charge on any atom is 0.236 e. The Morgan fingerprint density at radius 2 is 2.00 bits per heavy atom. The Hall–Kier alpha value is -1.46. The Bertz CT molecular complexity index is 416. The van der Waals surface area contributed by atoms with Crippen molar-refractivity contribution in [3.05, 3.63) is 35.6 Å². The number of benzene rings is 1. The second-order valence-corrected chi connectivity index (χ2v) is 4.49. The Labute approximate surface area is 106 Å². The van der Waals surface area contributed by atoms with Crippen LogP contribution in [-0.4, -0.2) is 48.4 Å². The second-order valence-electron chi connectivity index (χ2n) is 4.49. The van der Waals surface area contributed by atoms with Gasteiger partial charge in [0.15, 0.2) is 0 Å². The molecule has 1 aromatic rings. The summed E-state index contributed by atoms with van der Waals surface area (Å²) in [6.45, 7) is 3.81. The lowest BCUT2D eigenvalue weighted by Crippen LogP contribution is -2.49. The first-order chi connectivity index (χ1) is 8.69. The molecule has 0 saturated carbocycles. The van der Waals surface area contributed by atoms with Gasteiger partial charge in [0.1, 0.15) is 5.82 Å². The fourth-order valence-electron chi connectivity index (χ4n) is 2.18. The third-order valence-electron chi connectivity index (χ3n) is 3.19. The lowest BCUT2D eigenvalue weighted by Gasteiger charge is -2.34. The summed E-state index contributed by atoms with van der Waals surface area (Å²) in [5, 5.41) is 0. The van der Waals surface area contributed by atoms with Crippen molar-refractivity contribution in [1.82, 2.24) is 9.80 Å². The zero-order valence-electron chi connectivity index (χ0n) is 10.3. The molecule has 0 spiro atoms. The molecule has 0 aromatic heterocycles. The zero-order valence-corrected chi connectivity index (χ0v) is 10.3. The Balaban J connectivity index is 1.85. The van der Waals surface area contributed by atoms with Crippen molar-refractivity contribution < 1.29 is 9.18 Å². The summed E-state index contributed by atoms with van der Waals surface area (Å²) in [6.07, 6.45) is 0. The summed E-state index contributed by atoms with van der Waals surface area (Å²) in [4.78, 5) is 15.4. The molecule has 18 heavy (non-hydrogen) atoms. The van der Waals surface area contributed by atoms with Gasteiger partial charge in [-0.05, 0) is 17.7 Å². The first-order valence-corrected chi connectivity index (χ1v) is 6.13. The maximum absolute atomic E-state index is 13.0. The van der Waals surface area contributed by atoms with Gasteiger partial charge < -0.3 is 10.6 Å². The summed E-state index contributed by atoms with van der Waals surface area (Å²) in [7, 11) is 0. The van der Waals surface area contributed by atoms with Crippen molar-refractivity contribution in [2.45, 2.75) is 6.54 Å². The van der Waals surface area contributed by atoms with E-state index in [2.05, 4.69) is 4.90 Å². The summed E-state index contributed by atoms with van der Waals surface area (Å²) in [5.41, 5.74) is 6.30. The number of amides is 1. The predicted octanol–water partition coefficient (Wildman–Crippen LogP) is 0.429. The topological polar surface area (TPSA) is 49.6 Å². The molecule has 4 nitrogen and oxygen atoms in total. The molecule has 0 atom stereocenters. The Morgan fingerprint density at radius 1 is 1.28 bits per heavy atom. The highest BCUT2D eigenvalue weighted by Crippen LogP contribution is 2.10. The van der Waals surface area contributed by atoms with E-state index in [1.54, 1.807) is 17.0 Å². The van der Waals surface area contributed by atoms with Crippen molar-refractivity contribution in [3.8, 4) is 0 Å². The van der Waals surface area contributed by atoms with Gasteiger partial charge in [0.25, 0.3) is 0 Å². The molecule has 2 rings (SSSR count). The maximum atomic E-state index is 13.0. The van der Waals surface area contributed by atoms with E-state index in [4.69, 9.17) is 5.73 Å². The monoisotopic (exact) mass is 251 g/mol. The number of carbonyl (C=O) groups excluding carboxylic acids is 1. The molecule has 0 radical (unpaired) electrons. The average Bonchev–Trinajstić information content (AvgIpc) is 2.39. The van der Waals surface area contributed by atoms with E-state index in [0.717, 1.165) is 25.2 Å². The fraction of sp³-hybridized carbons (Fsp3) is 0.462. The number of halogens is 1. The van der Waals surface area contributed by atoms with E-state index in [0.29, 0.717) is 13.1 Å². The van der Waals surface area contributed by atoms with Crippen LogP contribution in [0.15, 0.2) is 24.3 Å². The second kappa shape index (κ2) is 5.93. The molecule has 1 fully saturated rings. The smallest absolute Gasteiger partial charge is 0.236 e. The van der Waals surface area contributed by atoms with Crippen LogP contribution in [0.2, 0.25) is 0 Å². The molecule has 2 N–H and O–H groups in total. The Kier molecular flexibility index (Phi) is 4.28. The normalized spacial score (nSPS) is 16.9. The number of nitrogens with zero attached hydrogens (tertiary/aromatic N) is 2. The molecular formula is C13H18FN3O. The average molecular weight is 251 g/mol. The third-order valence-corrected chi connectivity index (χ3v) is 3.19. The van der Waals surface area contributed by atoms with Crippen LogP contribution < -0.4 is 5.73 Å². The minimum atomic E-state index is -0.204. The van der Waals surface area contributed by atoms with Crippen LogP contribution in [0.5, 0.6) is 0 Å². The highest BCUT2D eigenvalue weighted by Gasteiger charge is 2.19. The number of rotatable bonds is 3. The molecule has 1 aliphatic rings. The van der Waals surface area contributed by atoms with E-state index in [9.17, 15) is 9.18 Å². The molecule has 0 bridgehead atoms. The molecule has 5 heteroatoms. The lowest BCUT2D eigenvalue weighted by molar-refractivity contribution is -0.131. The van der Waals surface area contributed by atoms with Crippen molar-refractivity contribution in [3.63, 3.8) is 0 Å². The van der Waals surface area contributed by atoms with Gasteiger partial charge in [-0.25, -0.2) is 4.39 Å². The van der Waals surface area contributed by atoms with Crippen LogP contribution in [0.4, 0.5) is 4.39 Å². The highest BCUT2D eigenvalue weighted by atomic mass is 19.1. The van der Waals surface area contributed by atoms with Gasteiger partial charge in [-0.2, -0.15) is 0 Å². The minimum Gasteiger partial charge on any atom is -0.339 e. The van der Waals surface area contributed by atoms with Gasteiger partial charge in [-0.15, -0.1) is 0 Å². The molecule has 1 aromatic carbocycles. The SMILES string of the molecule is NCC(=O)N1CCN(Cc2cccc(F)c2)CC1. The fourth-order valence-corrected chi connectivity index (χ4v) is 2.18. The van der Waals surface area contributed by atoms with E-state index in [1.807, 2.05) is 6.07 Å². The van der Waals surface area contributed by atoms with Gasteiger partial charge >= 0.3 is 0 Å². The zero-order chi connectivity index (χ0) is 13.0. The summed E-state index contributed by atoms with van der Waals surface area (Å²) in [6, 6.07) is 6.64. The van der Waals surface area contributed by atoms with Crippen LogP contribution in [0, 0.1) is 5.82 Å². The van der Waals surface area contributed by atoms with Crippen LogP contribution >= 0.6 is 0 Å². The first kappa shape index (κ1) is 13.0. The molecule has 1 saturated heterocycles. The molecule has 98 valence electrons. The molecule has 1 aliphatic heterocycles. The van der Waals surface area contributed by atoms with E-state index >= 15 is 0 Å². The summed E-state index contributed by atoms with van der Waals surface area (Å²) < 4.78 is 13.0. The van der Waals surface area contributed by atoms with Gasteiger partial charge in [0, 0.05) is 32.7 Å². The van der Waals surface area contributed by atoms with Crippen LogP contribution in [-0.2, 0) is 11.3 Å². The van der Waals surface area contributed by atoms with Gasteiger partial charge in [0.2, 0.25) is 5.91 Å². The molecule has 1 amide bonds. The minimum absolute atomic E-state index is 0.000376. The number of piperazine rings is 1. The number of hydrogen-bond acceptors (Lipinski definition) is 3. The molecule has 1 heterocycles. The van der Waals surface area contributed by atoms with Crippen molar-refractivity contribution in [1.29, 1.82) is 0 Å². The Morgan fingerprint density at radius 3 is 2.61 bits per heavy atom. The van der Waals surface area contributed by atoms with E-state index in [1.165, 1.54) is 6.07 Å². The largest absolute Gasteiger partial charge is 0.339 e. The van der Waals surface area contributed by atoms with Crippen molar-refractivity contribution >= 4 is 5.91 Å². The summed E-state index contributed by atoms with van der Waals surface area (Å²) in [5.74, 6) is -0.204. The number of hydrogen-bond donors (Lipinski definition) is 1. The van der Waals surface area contributed by atoms with E-state index < -0.39 is 0 Å². The first-order valence-electron chi connectivity index (χ1n) is 6.13. The van der Waals surface area contributed by atoms with Crippen LogP contribution in [0.25, 0.3) is 0 Å². The van der Waals surface area contributed by atoms with Crippen LogP contribution in [0.1, 0.15) is 5.56 Å². The van der Waals surface area contributed by atoms with Gasteiger partial charge in [-0.1, -0.05) is 12.1 Å². The number of nitrogens with two attached hydrogens (primary N) is 1. The molecule has 0 aliphatic carbocycles.